The minimum atomic E-state index is 0.833. The van der Waals surface area contributed by atoms with Crippen LogP contribution in [0, 0.1) is 6.92 Å². The second-order valence-corrected chi connectivity index (χ2v) is 4.32. The van der Waals surface area contributed by atoms with Crippen LogP contribution in [0.5, 0.6) is 0 Å². The highest BCUT2D eigenvalue weighted by Crippen LogP contribution is 2.16. The van der Waals surface area contributed by atoms with Gasteiger partial charge in [-0.2, -0.15) is 0 Å². The molecule has 0 unspecified atom stereocenters. The molecule has 0 aromatic carbocycles. The molecule has 0 aliphatic carbocycles. The largest absolute Gasteiger partial charge is 0.370 e. The Morgan fingerprint density at radius 2 is 2.12 bits per heavy atom. The molecule has 0 atom stereocenters. The van der Waals surface area contributed by atoms with E-state index in [1.54, 1.807) is 0 Å². The Balaban J connectivity index is 2.12. The van der Waals surface area contributed by atoms with E-state index in [1.165, 1.54) is 0 Å². The van der Waals surface area contributed by atoms with Gasteiger partial charge in [0.05, 0.1) is 0 Å². The van der Waals surface area contributed by atoms with Crippen molar-refractivity contribution < 1.29 is 0 Å². The fourth-order valence-electron chi connectivity index (χ4n) is 1.95. The SMILES string of the molecule is CCCNc1cc(N2CCNCC2)nc(C)n1. The standard InChI is InChI=1S/C12H21N5/c1-3-4-14-11-9-12(16-10(2)15-11)17-7-5-13-6-8-17/h9,13H,3-8H2,1-2H3,(H,14,15,16). The first-order valence-electron chi connectivity index (χ1n) is 6.35. The van der Waals surface area contributed by atoms with Crippen LogP contribution in [0.1, 0.15) is 19.2 Å². The summed E-state index contributed by atoms with van der Waals surface area (Å²) in [6.45, 7) is 9.15. The van der Waals surface area contributed by atoms with Crippen LogP contribution in [0.4, 0.5) is 11.6 Å². The Morgan fingerprint density at radius 1 is 1.35 bits per heavy atom. The van der Waals surface area contributed by atoms with Gasteiger partial charge in [-0.1, -0.05) is 6.92 Å². The van der Waals surface area contributed by atoms with Gasteiger partial charge in [-0.05, 0) is 13.3 Å². The molecule has 1 aliphatic rings. The van der Waals surface area contributed by atoms with E-state index in [9.17, 15) is 0 Å². The van der Waals surface area contributed by atoms with Gasteiger partial charge in [-0.15, -0.1) is 0 Å². The van der Waals surface area contributed by atoms with Gasteiger partial charge in [0.1, 0.15) is 17.5 Å². The van der Waals surface area contributed by atoms with E-state index >= 15 is 0 Å². The Kier molecular flexibility index (Phi) is 4.14. The first-order chi connectivity index (χ1) is 8.29. The van der Waals surface area contributed by atoms with E-state index in [1.807, 2.05) is 13.0 Å². The van der Waals surface area contributed by atoms with E-state index in [2.05, 4.69) is 32.4 Å². The normalized spacial score (nSPS) is 16.0. The summed E-state index contributed by atoms with van der Waals surface area (Å²) in [6, 6.07) is 2.05. The highest BCUT2D eigenvalue weighted by atomic mass is 15.2. The average molecular weight is 235 g/mol. The molecule has 0 amide bonds. The monoisotopic (exact) mass is 235 g/mol. The number of anilines is 2. The first-order valence-corrected chi connectivity index (χ1v) is 6.35. The van der Waals surface area contributed by atoms with Crippen molar-refractivity contribution in [1.82, 2.24) is 15.3 Å². The van der Waals surface area contributed by atoms with Crippen molar-refractivity contribution >= 4 is 11.6 Å². The number of nitrogens with zero attached hydrogens (tertiary/aromatic N) is 3. The van der Waals surface area contributed by atoms with E-state index in [-0.39, 0.29) is 0 Å². The summed E-state index contributed by atoms with van der Waals surface area (Å²) in [4.78, 5) is 11.2. The molecule has 1 fully saturated rings. The summed E-state index contributed by atoms with van der Waals surface area (Å²) in [7, 11) is 0. The van der Waals surface area contributed by atoms with Crippen LogP contribution in [0.2, 0.25) is 0 Å². The minimum Gasteiger partial charge on any atom is -0.370 e. The summed E-state index contributed by atoms with van der Waals surface area (Å²) in [5.74, 6) is 2.81. The third-order valence-corrected chi connectivity index (χ3v) is 2.82. The lowest BCUT2D eigenvalue weighted by atomic mass is 10.3. The number of piperazine rings is 1. The minimum absolute atomic E-state index is 0.833. The molecule has 17 heavy (non-hydrogen) atoms. The maximum absolute atomic E-state index is 4.51. The van der Waals surface area contributed by atoms with E-state index in [0.717, 1.165) is 56.6 Å². The molecular formula is C12H21N5. The number of aryl methyl sites for hydroxylation is 1. The Labute approximate surface area is 103 Å². The van der Waals surface area contributed by atoms with Gasteiger partial charge >= 0.3 is 0 Å². The van der Waals surface area contributed by atoms with Gasteiger partial charge in [0.25, 0.3) is 0 Å². The zero-order chi connectivity index (χ0) is 12.1. The van der Waals surface area contributed by atoms with Crippen molar-refractivity contribution in [2.24, 2.45) is 0 Å². The molecule has 2 N–H and O–H groups in total. The van der Waals surface area contributed by atoms with Gasteiger partial charge in [0, 0.05) is 38.8 Å². The first kappa shape index (κ1) is 12.1. The van der Waals surface area contributed by atoms with Crippen molar-refractivity contribution in [2.75, 3.05) is 42.9 Å². The molecule has 0 spiro atoms. The lowest BCUT2D eigenvalue weighted by Gasteiger charge is -2.28. The number of nitrogens with one attached hydrogen (secondary N) is 2. The molecule has 1 saturated heterocycles. The molecule has 5 heteroatoms. The van der Waals surface area contributed by atoms with E-state index in [4.69, 9.17) is 0 Å². The number of hydrogen-bond donors (Lipinski definition) is 2. The summed E-state index contributed by atoms with van der Waals surface area (Å²) >= 11 is 0. The number of hydrogen-bond acceptors (Lipinski definition) is 5. The maximum atomic E-state index is 4.51. The second-order valence-electron chi connectivity index (χ2n) is 4.32. The van der Waals surface area contributed by atoms with Crippen LogP contribution in [0.25, 0.3) is 0 Å². The Morgan fingerprint density at radius 3 is 2.82 bits per heavy atom. The summed E-state index contributed by atoms with van der Waals surface area (Å²) in [5, 5.41) is 6.67. The van der Waals surface area contributed by atoms with Gasteiger partial charge in [0.15, 0.2) is 0 Å². The molecule has 1 aromatic rings. The molecule has 0 radical (unpaired) electrons. The number of aromatic nitrogens is 2. The van der Waals surface area contributed by atoms with Crippen LogP contribution in [0.3, 0.4) is 0 Å². The quantitative estimate of drug-likeness (QED) is 0.816. The molecule has 2 rings (SSSR count). The van der Waals surface area contributed by atoms with Crippen LogP contribution in [-0.4, -0.2) is 42.7 Å². The average Bonchev–Trinajstić information content (AvgIpc) is 2.37. The topological polar surface area (TPSA) is 53.1 Å². The summed E-state index contributed by atoms with van der Waals surface area (Å²) in [6.07, 6.45) is 1.10. The third kappa shape index (κ3) is 3.30. The van der Waals surface area contributed by atoms with Crippen molar-refractivity contribution in [2.45, 2.75) is 20.3 Å². The zero-order valence-electron chi connectivity index (χ0n) is 10.7. The van der Waals surface area contributed by atoms with Gasteiger partial charge in [-0.3, -0.25) is 0 Å². The molecule has 5 nitrogen and oxygen atoms in total. The third-order valence-electron chi connectivity index (χ3n) is 2.82. The Bertz CT molecular complexity index is 360. The summed E-state index contributed by atoms with van der Waals surface area (Å²) in [5.41, 5.74) is 0. The summed E-state index contributed by atoms with van der Waals surface area (Å²) < 4.78 is 0. The van der Waals surface area contributed by atoms with Crippen molar-refractivity contribution in [1.29, 1.82) is 0 Å². The number of rotatable bonds is 4. The predicted octanol–water partition coefficient (Wildman–Crippen LogP) is 1.02. The second kappa shape index (κ2) is 5.82. The lowest BCUT2D eigenvalue weighted by molar-refractivity contribution is 0.584. The van der Waals surface area contributed by atoms with Crippen molar-refractivity contribution in [3.8, 4) is 0 Å². The van der Waals surface area contributed by atoms with E-state index in [0.29, 0.717) is 0 Å². The van der Waals surface area contributed by atoms with Gasteiger partial charge < -0.3 is 15.5 Å². The molecule has 0 bridgehead atoms. The van der Waals surface area contributed by atoms with Gasteiger partial charge in [0.2, 0.25) is 0 Å². The molecule has 0 saturated carbocycles. The molecular weight excluding hydrogens is 214 g/mol. The smallest absolute Gasteiger partial charge is 0.134 e. The van der Waals surface area contributed by atoms with Crippen molar-refractivity contribution in [3.63, 3.8) is 0 Å². The molecule has 2 heterocycles. The molecule has 1 aliphatic heterocycles. The highest BCUT2D eigenvalue weighted by molar-refractivity contribution is 5.49. The van der Waals surface area contributed by atoms with Gasteiger partial charge in [-0.25, -0.2) is 9.97 Å². The fraction of sp³-hybridized carbons (Fsp3) is 0.667. The Hall–Kier alpha value is -1.36. The van der Waals surface area contributed by atoms with E-state index < -0.39 is 0 Å². The maximum Gasteiger partial charge on any atom is 0.134 e. The predicted molar refractivity (Wildman–Crippen MR) is 70.6 cm³/mol. The van der Waals surface area contributed by atoms with Crippen LogP contribution in [-0.2, 0) is 0 Å². The van der Waals surface area contributed by atoms with Crippen molar-refractivity contribution in [3.05, 3.63) is 11.9 Å². The highest BCUT2D eigenvalue weighted by Gasteiger charge is 2.13. The zero-order valence-corrected chi connectivity index (χ0v) is 10.7. The molecule has 1 aromatic heterocycles. The van der Waals surface area contributed by atoms with Crippen LogP contribution >= 0.6 is 0 Å². The van der Waals surface area contributed by atoms with Crippen LogP contribution in [0.15, 0.2) is 6.07 Å². The van der Waals surface area contributed by atoms with Crippen LogP contribution < -0.4 is 15.5 Å². The fourth-order valence-corrected chi connectivity index (χ4v) is 1.95. The molecule has 94 valence electrons. The lowest BCUT2D eigenvalue weighted by Crippen LogP contribution is -2.44.